The van der Waals surface area contributed by atoms with E-state index in [0.717, 1.165) is 36.2 Å². The number of H-pyrrole nitrogens is 1. The molecule has 1 saturated heterocycles. The van der Waals surface area contributed by atoms with Gasteiger partial charge in [0.2, 0.25) is 0 Å². The minimum atomic E-state index is -0.00460. The number of rotatable bonds is 2. The molecule has 1 fully saturated rings. The number of anilines is 1. The Labute approximate surface area is 156 Å². The smallest absolute Gasteiger partial charge is 0.191 e. The normalized spacial score (nSPS) is 17.5. The van der Waals surface area contributed by atoms with Crippen LogP contribution in [0.3, 0.4) is 0 Å². The summed E-state index contributed by atoms with van der Waals surface area (Å²) < 4.78 is 0. The van der Waals surface area contributed by atoms with Gasteiger partial charge in [0, 0.05) is 49.0 Å². The first kappa shape index (κ1) is 16.0. The Morgan fingerprint density at radius 1 is 1.04 bits per heavy atom. The lowest BCUT2D eigenvalue weighted by molar-refractivity contribution is 0.472. The van der Waals surface area contributed by atoms with Crippen molar-refractivity contribution in [3.05, 3.63) is 82.6 Å². The molecule has 5 nitrogen and oxygen atoms in total. The van der Waals surface area contributed by atoms with Crippen LogP contribution in [0.25, 0.3) is 21.9 Å². The highest BCUT2D eigenvalue weighted by atomic mass is 16.1. The zero-order chi connectivity index (χ0) is 18.2. The minimum Gasteiger partial charge on any atom is -0.368 e. The molecular weight excluding hydrogens is 336 g/mol. The summed E-state index contributed by atoms with van der Waals surface area (Å²) in [6, 6.07) is 20.6. The van der Waals surface area contributed by atoms with Crippen LogP contribution in [0.1, 0.15) is 11.6 Å². The lowest BCUT2D eigenvalue weighted by Crippen LogP contribution is -2.45. The molecule has 0 amide bonds. The summed E-state index contributed by atoms with van der Waals surface area (Å²) in [7, 11) is 0. The number of nitrogens with zero attached hydrogens (tertiary/aromatic N) is 2. The SMILES string of the molecule is O=c1cc[nH]c2nc3cc(N4CCNC(c5ccccc5)C4)ccc3cc12. The van der Waals surface area contributed by atoms with Crippen molar-refractivity contribution in [2.24, 2.45) is 0 Å². The molecule has 1 aliphatic heterocycles. The molecule has 0 radical (unpaired) electrons. The lowest BCUT2D eigenvalue weighted by Gasteiger charge is -2.35. The highest BCUT2D eigenvalue weighted by molar-refractivity contribution is 5.92. The van der Waals surface area contributed by atoms with Crippen LogP contribution in [-0.2, 0) is 0 Å². The molecule has 0 aliphatic carbocycles. The first-order chi connectivity index (χ1) is 13.3. The maximum Gasteiger partial charge on any atom is 0.191 e. The molecule has 5 rings (SSSR count). The van der Waals surface area contributed by atoms with E-state index in [0.29, 0.717) is 17.1 Å². The molecule has 0 saturated carbocycles. The van der Waals surface area contributed by atoms with E-state index in [4.69, 9.17) is 0 Å². The van der Waals surface area contributed by atoms with E-state index in [1.54, 1.807) is 6.20 Å². The number of hydrogen-bond acceptors (Lipinski definition) is 4. The van der Waals surface area contributed by atoms with Crippen molar-refractivity contribution in [2.45, 2.75) is 6.04 Å². The quantitative estimate of drug-likeness (QED) is 0.542. The molecule has 1 aliphatic rings. The summed E-state index contributed by atoms with van der Waals surface area (Å²) in [5, 5.41) is 5.22. The van der Waals surface area contributed by atoms with Gasteiger partial charge in [-0.05, 0) is 23.8 Å². The summed E-state index contributed by atoms with van der Waals surface area (Å²) in [5.74, 6) is 0. The second-order valence-electron chi connectivity index (χ2n) is 6.97. The summed E-state index contributed by atoms with van der Waals surface area (Å²) in [4.78, 5) is 22.2. The third-order valence-corrected chi connectivity index (χ3v) is 5.26. The van der Waals surface area contributed by atoms with E-state index < -0.39 is 0 Å². The van der Waals surface area contributed by atoms with E-state index >= 15 is 0 Å². The molecule has 2 aromatic carbocycles. The second-order valence-corrected chi connectivity index (χ2v) is 6.97. The van der Waals surface area contributed by atoms with E-state index in [2.05, 4.69) is 62.6 Å². The first-order valence-electron chi connectivity index (χ1n) is 9.23. The Kier molecular flexibility index (Phi) is 3.87. The number of benzene rings is 2. The fraction of sp³-hybridized carbons (Fsp3) is 0.182. The van der Waals surface area contributed by atoms with Crippen LogP contribution in [0.4, 0.5) is 5.69 Å². The molecule has 2 N–H and O–H groups in total. The maximum atomic E-state index is 12.0. The van der Waals surface area contributed by atoms with Crippen molar-refractivity contribution in [1.82, 2.24) is 15.3 Å². The predicted molar refractivity (Wildman–Crippen MR) is 109 cm³/mol. The Morgan fingerprint density at radius 3 is 2.81 bits per heavy atom. The average Bonchev–Trinajstić information content (AvgIpc) is 2.73. The number of hydrogen-bond donors (Lipinski definition) is 2. The standard InChI is InChI=1S/C22H20N4O/c27-21-8-9-24-22-18(21)12-16-6-7-17(13-19(16)25-22)26-11-10-23-20(14-26)15-4-2-1-3-5-15/h1-9,12-13,20,23H,10-11,14H2,(H,24,25,27). The van der Waals surface area contributed by atoms with Gasteiger partial charge >= 0.3 is 0 Å². The van der Waals surface area contributed by atoms with Crippen LogP contribution in [-0.4, -0.2) is 29.6 Å². The topological polar surface area (TPSA) is 61.0 Å². The summed E-state index contributed by atoms with van der Waals surface area (Å²) >= 11 is 0. The van der Waals surface area contributed by atoms with Crippen molar-refractivity contribution in [3.8, 4) is 0 Å². The Bertz CT molecular complexity index is 1170. The molecule has 3 heterocycles. The fourth-order valence-corrected chi connectivity index (χ4v) is 3.83. The lowest BCUT2D eigenvalue weighted by atomic mass is 10.0. The Hall–Kier alpha value is -3.18. The summed E-state index contributed by atoms with van der Waals surface area (Å²) in [5.41, 5.74) is 4.00. The molecule has 0 bridgehead atoms. The van der Waals surface area contributed by atoms with Gasteiger partial charge in [0.1, 0.15) is 5.65 Å². The zero-order valence-corrected chi connectivity index (χ0v) is 14.9. The van der Waals surface area contributed by atoms with Gasteiger partial charge in [-0.25, -0.2) is 4.98 Å². The van der Waals surface area contributed by atoms with Gasteiger partial charge in [0.15, 0.2) is 5.43 Å². The van der Waals surface area contributed by atoms with Crippen molar-refractivity contribution in [2.75, 3.05) is 24.5 Å². The van der Waals surface area contributed by atoms with Crippen molar-refractivity contribution in [1.29, 1.82) is 0 Å². The maximum absolute atomic E-state index is 12.0. The van der Waals surface area contributed by atoms with E-state index in [-0.39, 0.29) is 5.43 Å². The van der Waals surface area contributed by atoms with Gasteiger partial charge in [-0.2, -0.15) is 0 Å². The molecule has 1 atom stereocenters. The summed E-state index contributed by atoms with van der Waals surface area (Å²) in [6.07, 6.45) is 1.65. The fourth-order valence-electron chi connectivity index (χ4n) is 3.83. The van der Waals surface area contributed by atoms with E-state index in [1.807, 2.05) is 12.1 Å². The van der Waals surface area contributed by atoms with Gasteiger partial charge < -0.3 is 15.2 Å². The molecule has 1 unspecified atom stereocenters. The monoisotopic (exact) mass is 356 g/mol. The van der Waals surface area contributed by atoms with Gasteiger partial charge in [-0.15, -0.1) is 0 Å². The minimum absolute atomic E-state index is 0.00460. The number of piperazine rings is 1. The van der Waals surface area contributed by atoms with Crippen LogP contribution in [0.5, 0.6) is 0 Å². The van der Waals surface area contributed by atoms with Crippen LogP contribution in [0, 0.1) is 0 Å². The van der Waals surface area contributed by atoms with Crippen molar-refractivity contribution in [3.63, 3.8) is 0 Å². The summed E-state index contributed by atoms with van der Waals surface area (Å²) in [6.45, 7) is 2.81. The number of fused-ring (bicyclic) bond motifs is 2. The van der Waals surface area contributed by atoms with Gasteiger partial charge in [-0.1, -0.05) is 36.4 Å². The van der Waals surface area contributed by atoms with Crippen molar-refractivity contribution >= 4 is 27.6 Å². The third-order valence-electron chi connectivity index (χ3n) is 5.26. The average molecular weight is 356 g/mol. The van der Waals surface area contributed by atoms with Gasteiger partial charge in [0.25, 0.3) is 0 Å². The van der Waals surface area contributed by atoms with Gasteiger partial charge in [0.05, 0.1) is 10.9 Å². The van der Waals surface area contributed by atoms with Gasteiger partial charge in [-0.3, -0.25) is 4.79 Å². The van der Waals surface area contributed by atoms with Crippen LogP contribution in [0.2, 0.25) is 0 Å². The Morgan fingerprint density at radius 2 is 1.93 bits per heavy atom. The molecule has 4 aromatic rings. The number of aromatic amines is 1. The highest BCUT2D eigenvalue weighted by Gasteiger charge is 2.21. The molecule has 2 aromatic heterocycles. The first-order valence-corrected chi connectivity index (χ1v) is 9.23. The Balaban J connectivity index is 1.51. The number of nitrogens with one attached hydrogen (secondary N) is 2. The molecule has 5 heteroatoms. The molecular formula is C22H20N4O. The number of pyridine rings is 2. The molecule has 0 spiro atoms. The third kappa shape index (κ3) is 2.96. The molecule has 27 heavy (non-hydrogen) atoms. The predicted octanol–water partition coefficient (Wildman–Crippen LogP) is 3.23. The second kappa shape index (κ2) is 6.52. The van der Waals surface area contributed by atoms with Crippen LogP contribution >= 0.6 is 0 Å². The van der Waals surface area contributed by atoms with Crippen LogP contribution in [0.15, 0.2) is 71.7 Å². The van der Waals surface area contributed by atoms with E-state index in [9.17, 15) is 4.79 Å². The number of aromatic nitrogens is 2. The highest BCUT2D eigenvalue weighted by Crippen LogP contribution is 2.26. The zero-order valence-electron chi connectivity index (χ0n) is 14.9. The van der Waals surface area contributed by atoms with Crippen molar-refractivity contribution < 1.29 is 0 Å². The van der Waals surface area contributed by atoms with Crippen LogP contribution < -0.4 is 15.6 Å². The molecule has 134 valence electrons. The van der Waals surface area contributed by atoms with E-state index in [1.165, 1.54) is 11.6 Å². The largest absolute Gasteiger partial charge is 0.368 e.